The predicted octanol–water partition coefficient (Wildman–Crippen LogP) is 5.20. The summed E-state index contributed by atoms with van der Waals surface area (Å²) in [4.78, 5) is 1.87. The normalized spacial score (nSPS) is 11.5. The quantitative estimate of drug-likeness (QED) is 0.327. The Hall–Kier alpha value is -3.62. The average Bonchev–Trinajstić information content (AvgIpc) is 2.79. The molecule has 0 saturated heterocycles. The summed E-state index contributed by atoms with van der Waals surface area (Å²) in [6.45, 7) is 2.52. The van der Waals surface area contributed by atoms with Crippen LogP contribution < -0.4 is 10.6 Å². The lowest BCUT2D eigenvalue weighted by Gasteiger charge is -2.25. The number of anilines is 2. The number of rotatable bonds is 9. The first-order valence-corrected chi connectivity index (χ1v) is 9.96. The third kappa shape index (κ3) is 5.94. The first-order valence-electron chi connectivity index (χ1n) is 9.96. The molecule has 4 N–H and O–H groups in total. The number of azo groups is 2. The molecule has 0 unspecified atom stereocenters. The summed E-state index contributed by atoms with van der Waals surface area (Å²) < 4.78 is 0. The maximum Gasteiger partial charge on any atom is 0.114 e. The van der Waals surface area contributed by atoms with Crippen LogP contribution in [0.4, 0.5) is 34.1 Å². The second-order valence-electron chi connectivity index (χ2n) is 6.84. The molecule has 0 bridgehead atoms. The average molecular weight is 419 g/mol. The van der Waals surface area contributed by atoms with Gasteiger partial charge in [-0.25, -0.2) is 0 Å². The van der Waals surface area contributed by atoms with Crippen LogP contribution in [0.2, 0.25) is 0 Å². The van der Waals surface area contributed by atoms with Gasteiger partial charge in [0.05, 0.1) is 36.0 Å². The predicted molar refractivity (Wildman–Crippen MR) is 123 cm³/mol. The molecule has 0 radical (unpaired) electrons. The van der Waals surface area contributed by atoms with E-state index in [2.05, 4.69) is 20.5 Å². The Labute approximate surface area is 181 Å². The highest BCUT2D eigenvalue weighted by Crippen LogP contribution is 2.39. The molecule has 31 heavy (non-hydrogen) atoms. The van der Waals surface area contributed by atoms with Crippen LogP contribution in [-0.4, -0.2) is 36.5 Å². The minimum absolute atomic E-state index is 0.0487. The SMILES string of the molecule is Cc1c(N=Nc2ccc(N)cc2)ccc(N(CCO)CCO)c1N=Nc1ccccc1. The number of hydrogen-bond donors (Lipinski definition) is 3. The zero-order chi connectivity index (χ0) is 22.1. The fourth-order valence-electron chi connectivity index (χ4n) is 3.01. The molecule has 3 aromatic carbocycles. The van der Waals surface area contributed by atoms with E-state index in [0.29, 0.717) is 35.8 Å². The van der Waals surface area contributed by atoms with Crippen molar-refractivity contribution < 1.29 is 10.2 Å². The lowest BCUT2D eigenvalue weighted by atomic mass is 10.1. The zero-order valence-corrected chi connectivity index (χ0v) is 17.4. The minimum atomic E-state index is -0.0487. The molecule has 0 aliphatic heterocycles. The Bertz CT molecular complexity index is 1030. The maximum absolute atomic E-state index is 9.46. The third-order valence-electron chi connectivity index (χ3n) is 4.65. The number of aliphatic hydroxyl groups excluding tert-OH is 2. The van der Waals surface area contributed by atoms with E-state index in [1.54, 1.807) is 24.3 Å². The van der Waals surface area contributed by atoms with Crippen molar-refractivity contribution in [1.82, 2.24) is 0 Å². The van der Waals surface area contributed by atoms with Crippen molar-refractivity contribution in [3.05, 3.63) is 72.3 Å². The maximum atomic E-state index is 9.46. The van der Waals surface area contributed by atoms with Gasteiger partial charge in [0.1, 0.15) is 5.69 Å². The lowest BCUT2D eigenvalue weighted by Crippen LogP contribution is -2.29. The Morgan fingerprint density at radius 2 is 1.35 bits per heavy atom. The summed E-state index contributed by atoms with van der Waals surface area (Å²) in [6, 6.07) is 20.3. The number of nitrogens with zero attached hydrogens (tertiary/aromatic N) is 5. The van der Waals surface area contributed by atoms with Gasteiger partial charge in [0.25, 0.3) is 0 Å². The Kier molecular flexibility index (Phi) is 7.80. The summed E-state index contributed by atoms with van der Waals surface area (Å²) >= 11 is 0. The van der Waals surface area contributed by atoms with Gasteiger partial charge in [0.2, 0.25) is 0 Å². The van der Waals surface area contributed by atoms with Gasteiger partial charge in [-0.15, -0.1) is 5.11 Å². The molecule has 0 spiro atoms. The first kappa shape index (κ1) is 22.1. The molecular formula is C23H26N6O2. The molecule has 8 heteroatoms. The summed E-state index contributed by atoms with van der Waals surface area (Å²) in [5.74, 6) is 0. The lowest BCUT2D eigenvalue weighted by molar-refractivity contribution is 0.281. The number of benzene rings is 3. The van der Waals surface area contributed by atoms with Crippen LogP contribution in [0, 0.1) is 6.92 Å². The molecule has 0 aliphatic carbocycles. The summed E-state index contributed by atoms with van der Waals surface area (Å²) in [5, 5.41) is 36.4. The Morgan fingerprint density at radius 3 is 2.00 bits per heavy atom. The highest BCUT2D eigenvalue weighted by atomic mass is 16.3. The molecule has 160 valence electrons. The van der Waals surface area contributed by atoms with E-state index in [1.165, 1.54) is 0 Å². The van der Waals surface area contributed by atoms with Crippen molar-refractivity contribution in [2.75, 3.05) is 36.9 Å². The largest absolute Gasteiger partial charge is 0.399 e. The summed E-state index contributed by atoms with van der Waals surface area (Å²) in [6.07, 6.45) is 0. The van der Waals surface area contributed by atoms with E-state index < -0.39 is 0 Å². The van der Waals surface area contributed by atoms with Crippen molar-refractivity contribution in [3.8, 4) is 0 Å². The highest BCUT2D eigenvalue weighted by Gasteiger charge is 2.16. The third-order valence-corrected chi connectivity index (χ3v) is 4.65. The van der Waals surface area contributed by atoms with Crippen LogP contribution >= 0.6 is 0 Å². The van der Waals surface area contributed by atoms with Crippen molar-refractivity contribution in [2.45, 2.75) is 6.92 Å². The fourth-order valence-corrected chi connectivity index (χ4v) is 3.01. The van der Waals surface area contributed by atoms with E-state index in [0.717, 1.165) is 16.9 Å². The van der Waals surface area contributed by atoms with E-state index >= 15 is 0 Å². The van der Waals surface area contributed by atoms with Crippen molar-refractivity contribution in [2.24, 2.45) is 20.5 Å². The topological polar surface area (TPSA) is 119 Å². The van der Waals surface area contributed by atoms with Crippen molar-refractivity contribution >= 4 is 34.1 Å². The standard InChI is InChI=1S/C23H26N6O2/c1-17-21(27-25-20-9-7-18(24)8-10-20)11-12-22(29(13-15-30)14-16-31)23(17)28-26-19-5-3-2-4-6-19/h2-12,30-31H,13-16,24H2,1H3. The number of nitrogen functional groups attached to an aromatic ring is 1. The van der Waals surface area contributed by atoms with E-state index in [-0.39, 0.29) is 13.2 Å². The Balaban J connectivity index is 2.02. The van der Waals surface area contributed by atoms with E-state index in [4.69, 9.17) is 5.73 Å². The van der Waals surface area contributed by atoms with Crippen LogP contribution in [0.1, 0.15) is 5.56 Å². The smallest absolute Gasteiger partial charge is 0.114 e. The van der Waals surface area contributed by atoms with E-state index in [1.807, 2.05) is 54.3 Å². The summed E-state index contributed by atoms with van der Waals surface area (Å²) in [5.41, 5.74) is 10.6. The van der Waals surface area contributed by atoms with E-state index in [9.17, 15) is 10.2 Å². The van der Waals surface area contributed by atoms with Crippen LogP contribution in [0.25, 0.3) is 0 Å². The van der Waals surface area contributed by atoms with Crippen LogP contribution in [0.5, 0.6) is 0 Å². The molecule has 0 atom stereocenters. The molecule has 8 nitrogen and oxygen atoms in total. The second kappa shape index (κ2) is 11.0. The van der Waals surface area contributed by atoms with Gasteiger partial charge in [-0.3, -0.25) is 0 Å². The number of aliphatic hydroxyl groups is 2. The van der Waals surface area contributed by atoms with Gasteiger partial charge in [-0.05, 0) is 55.5 Å². The van der Waals surface area contributed by atoms with Crippen LogP contribution in [0.15, 0.2) is 87.2 Å². The molecule has 0 saturated carbocycles. The summed E-state index contributed by atoms with van der Waals surface area (Å²) in [7, 11) is 0. The molecule has 3 rings (SSSR count). The Morgan fingerprint density at radius 1 is 0.742 bits per heavy atom. The van der Waals surface area contributed by atoms with Gasteiger partial charge in [0.15, 0.2) is 0 Å². The van der Waals surface area contributed by atoms with Crippen LogP contribution in [-0.2, 0) is 0 Å². The minimum Gasteiger partial charge on any atom is -0.399 e. The fraction of sp³-hybridized carbons (Fsp3) is 0.217. The number of nitrogens with two attached hydrogens (primary N) is 1. The van der Waals surface area contributed by atoms with Gasteiger partial charge < -0.3 is 20.8 Å². The molecule has 3 aromatic rings. The molecular weight excluding hydrogens is 392 g/mol. The van der Waals surface area contributed by atoms with Gasteiger partial charge >= 0.3 is 0 Å². The molecule has 0 amide bonds. The molecule has 0 aromatic heterocycles. The van der Waals surface area contributed by atoms with Gasteiger partial charge in [-0.2, -0.15) is 15.3 Å². The molecule has 0 heterocycles. The molecule has 0 fully saturated rings. The van der Waals surface area contributed by atoms with Crippen molar-refractivity contribution in [3.63, 3.8) is 0 Å². The highest BCUT2D eigenvalue weighted by molar-refractivity contribution is 5.76. The van der Waals surface area contributed by atoms with Crippen molar-refractivity contribution in [1.29, 1.82) is 0 Å². The van der Waals surface area contributed by atoms with Gasteiger partial charge in [-0.1, -0.05) is 18.2 Å². The zero-order valence-electron chi connectivity index (χ0n) is 17.4. The van der Waals surface area contributed by atoms with Gasteiger partial charge in [0, 0.05) is 24.3 Å². The molecule has 0 aliphatic rings. The monoisotopic (exact) mass is 418 g/mol. The first-order chi connectivity index (χ1) is 15.1. The number of hydrogen-bond acceptors (Lipinski definition) is 8. The second-order valence-corrected chi connectivity index (χ2v) is 6.84. The van der Waals surface area contributed by atoms with Crippen LogP contribution in [0.3, 0.4) is 0 Å².